The first kappa shape index (κ1) is 10.7. The van der Waals surface area contributed by atoms with E-state index in [0.29, 0.717) is 5.75 Å². The number of carbonyl (C=O) groups excluding carboxylic acids is 1. The van der Waals surface area contributed by atoms with Crippen LogP contribution in [0.15, 0.2) is 18.3 Å². The van der Waals surface area contributed by atoms with Crippen molar-refractivity contribution in [2.24, 2.45) is 0 Å². The predicted octanol–water partition coefficient (Wildman–Crippen LogP) is 1.68. The van der Waals surface area contributed by atoms with Gasteiger partial charge in [-0.2, -0.15) is 0 Å². The average molecular weight is 222 g/mol. The number of hydrogen-bond acceptors (Lipinski definition) is 4. The van der Waals surface area contributed by atoms with E-state index in [4.69, 9.17) is 9.47 Å². The van der Waals surface area contributed by atoms with Crippen LogP contribution in [0.25, 0.3) is 0 Å². The lowest BCUT2D eigenvalue weighted by Crippen LogP contribution is -2.30. The fourth-order valence-corrected chi connectivity index (χ4v) is 1.66. The number of amides is 1. The molecule has 16 heavy (non-hydrogen) atoms. The first-order chi connectivity index (χ1) is 7.81. The maximum atomic E-state index is 11.7. The molecule has 0 aromatic carbocycles. The van der Waals surface area contributed by atoms with E-state index in [9.17, 15) is 4.79 Å². The van der Waals surface area contributed by atoms with E-state index in [1.807, 2.05) is 0 Å². The first-order valence-corrected chi connectivity index (χ1v) is 5.27. The van der Waals surface area contributed by atoms with E-state index in [-0.39, 0.29) is 12.0 Å². The predicted molar refractivity (Wildman–Crippen MR) is 57.6 cm³/mol. The lowest BCUT2D eigenvalue weighted by molar-refractivity contribution is 0.159. The van der Waals surface area contributed by atoms with E-state index < -0.39 is 0 Å². The van der Waals surface area contributed by atoms with Gasteiger partial charge in [0.05, 0.1) is 7.11 Å². The monoisotopic (exact) mass is 222 g/mol. The van der Waals surface area contributed by atoms with Crippen LogP contribution in [0.1, 0.15) is 12.8 Å². The smallest absolute Gasteiger partial charge is 0.416 e. The molecule has 86 valence electrons. The fraction of sp³-hybridized carbons (Fsp3) is 0.455. The average Bonchev–Trinajstić information content (AvgIpc) is 2.83. The lowest BCUT2D eigenvalue weighted by Gasteiger charge is -2.15. The number of aromatic nitrogens is 1. The first-order valence-electron chi connectivity index (χ1n) is 5.27. The minimum absolute atomic E-state index is 0.224. The molecule has 1 fully saturated rings. The number of hydrogen-bond donors (Lipinski definition) is 0. The van der Waals surface area contributed by atoms with E-state index in [0.717, 1.165) is 25.9 Å². The van der Waals surface area contributed by atoms with Crippen molar-refractivity contribution >= 4 is 6.09 Å². The topological polar surface area (TPSA) is 51.7 Å². The van der Waals surface area contributed by atoms with E-state index in [2.05, 4.69) is 4.98 Å². The standard InChI is InChI=1S/C11H14N2O3/c1-15-9-5-4-6-12-10(9)16-11(14)13-7-2-3-8-13/h4-6H,2-3,7-8H2,1H3. The van der Waals surface area contributed by atoms with Crippen LogP contribution in [-0.4, -0.2) is 36.2 Å². The summed E-state index contributed by atoms with van der Waals surface area (Å²) >= 11 is 0. The molecule has 0 spiro atoms. The number of methoxy groups -OCH3 is 1. The van der Waals surface area contributed by atoms with Crippen LogP contribution >= 0.6 is 0 Å². The van der Waals surface area contributed by atoms with Gasteiger partial charge in [0.2, 0.25) is 0 Å². The molecule has 2 heterocycles. The van der Waals surface area contributed by atoms with E-state index in [1.54, 1.807) is 23.2 Å². The van der Waals surface area contributed by atoms with Crippen LogP contribution in [0.2, 0.25) is 0 Å². The number of pyridine rings is 1. The van der Waals surface area contributed by atoms with E-state index in [1.165, 1.54) is 7.11 Å². The van der Waals surface area contributed by atoms with Gasteiger partial charge in [0.15, 0.2) is 5.75 Å². The van der Waals surface area contributed by atoms with Gasteiger partial charge in [-0.1, -0.05) is 0 Å². The molecule has 1 amide bonds. The van der Waals surface area contributed by atoms with Crippen molar-refractivity contribution in [3.8, 4) is 11.6 Å². The van der Waals surface area contributed by atoms with Gasteiger partial charge >= 0.3 is 6.09 Å². The molecule has 1 aromatic rings. The van der Waals surface area contributed by atoms with Gasteiger partial charge in [-0.3, -0.25) is 0 Å². The van der Waals surface area contributed by atoms with Gasteiger partial charge in [0.25, 0.3) is 5.88 Å². The Hall–Kier alpha value is -1.78. The maximum Gasteiger partial charge on any atom is 0.416 e. The third-order valence-electron chi connectivity index (χ3n) is 2.50. The summed E-state index contributed by atoms with van der Waals surface area (Å²) < 4.78 is 10.2. The Kier molecular flexibility index (Phi) is 3.24. The molecular formula is C11H14N2O3. The number of rotatable bonds is 2. The quantitative estimate of drug-likeness (QED) is 0.764. The third kappa shape index (κ3) is 2.24. The van der Waals surface area contributed by atoms with Crippen LogP contribution < -0.4 is 9.47 Å². The molecule has 5 nitrogen and oxygen atoms in total. The summed E-state index contributed by atoms with van der Waals surface area (Å²) in [5, 5.41) is 0. The van der Waals surface area contributed by atoms with E-state index >= 15 is 0 Å². The largest absolute Gasteiger partial charge is 0.491 e. The molecule has 1 aliphatic heterocycles. The van der Waals surface area contributed by atoms with Crippen LogP contribution in [0.5, 0.6) is 11.6 Å². The molecule has 0 aliphatic carbocycles. The summed E-state index contributed by atoms with van der Waals surface area (Å²) in [6.07, 6.45) is 3.28. The van der Waals surface area contributed by atoms with Crippen molar-refractivity contribution in [2.45, 2.75) is 12.8 Å². The Balaban J connectivity index is 2.05. The Bertz CT molecular complexity index is 375. The molecule has 0 radical (unpaired) electrons. The molecule has 2 rings (SSSR count). The fourth-order valence-electron chi connectivity index (χ4n) is 1.66. The highest BCUT2D eigenvalue weighted by molar-refractivity contribution is 5.71. The molecule has 0 bridgehead atoms. The zero-order chi connectivity index (χ0) is 11.4. The van der Waals surface area contributed by atoms with Crippen molar-refractivity contribution in [1.82, 2.24) is 9.88 Å². The number of carbonyl (C=O) groups is 1. The lowest BCUT2D eigenvalue weighted by atomic mass is 10.4. The molecule has 1 aliphatic rings. The molecule has 0 N–H and O–H groups in total. The molecule has 0 unspecified atom stereocenters. The maximum absolute atomic E-state index is 11.7. The van der Waals surface area contributed by atoms with Crippen LogP contribution in [-0.2, 0) is 0 Å². The Morgan fingerprint density at radius 3 is 2.88 bits per heavy atom. The highest BCUT2D eigenvalue weighted by Gasteiger charge is 2.21. The van der Waals surface area contributed by atoms with Gasteiger partial charge < -0.3 is 14.4 Å². The van der Waals surface area contributed by atoms with Crippen molar-refractivity contribution < 1.29 is 14.3 Å². The summed E-state index contributed by atoms with van der Waals surface area (Å²) in [5.41, 5.74) is 0. The molecule has 0 saturated carbocycles. The number of likely N-dealkylation sites (tertiary alicyclic amines) is 1. The summed E-state index contributed by atoms with van der Waals surface area (Å²) in [5.74, 6) is 0.692. The highest BCUT2D eigenvalue weighted by Crippen LogP contribution is 2.23. The summed E-state index contributed by atoms with van der Waals surface area (Å²) in [6.45, 7) is 1.52. The zero-order valence-corrected chi connectivity index (χ0v) is 9.18. The second kappa shape index (κ2) is 4.83. The third-order valence-corrected chi connectivity index (χ3v) is 2.50. The molecule has 1 saturated heterocycles. The minimum atomic E-state index is -0.352. The summed E-state index contributed by atoms with van der Waals surface area (Å²) in [6, 6.07) is 3.44. The Labute approximate surface area is 94.0 Å². The van der Waals surface area contributed by atoms with Crippen molar-refractivity contribution in [3.05, 3.63) is 18.3 Å². The van der Waals surface area contributed by atoms with Crippen molar-refractivity contribution in [2.75, 3.05) is 20.2 Å². The zero-order valence-electron chi connectivity index (χ0n) is 9.18. The van der Waals surface area contributed by atoms with Crippen LogP contribution in [0, 0.1) is 0 Å². The van der Waals surface area contributed by atoms with Crippen LogP contribution in [0.4, 0.5) is 4.79 Å². The molecule has 5 heteroatoms. The highest BCUT2D eigenvalue weighted by atomic mass is 16.6. The van der Waals surface area contributed by atoms with Gasteiger partial charge in [-0.15, -0.1) is 0 Å². The van der Waals surface area contributed by atoms with Crippen LogP contribution in [0.3, 0.4) is 0 Å². The Morgan fingerprint density at radius 2 is 2.19 bits per heavy atom. The molecule has 1 aromatic heterocycles. The van der Waals surface area contributed by atoms with Gasteiger partial charge in [-0.05, 0) is 25.0 Å². The van der Waals surface area contributed by atoms with Crippen molar-refractivity contribution in [1.29, 1.82) is 0 Å². The second-order valence-corrected chi connectivity index (χ2v) is 3.57. The van der Waals surface area contributed by atoms with Gasteiger partial charge in [-0.25, -0.2) is 9.78 Å². The van der Waals surface area contributed by atoms with Gasteiger partial charge in [0.1, 0.15) is 0 Å². The number of nitrogens with zero attached hydrogens (tertiary/aromatic N) is 2. The normalized spacial score (nSPS) is 14.9. The second-order valence-electron chi connectivity index (χ2n) is 3.57. The molecule has 0 atom stereocenters. The summed E-state index contributed by atoms with van der Waals surface area (Å²) in [7, 11) is 1.52. The Morgan fingerprint density at radius 1 is 1.44 bits per heavy atom. The minimum Gasteiger partial charge on any atom is -0.491 e. The SMILES string of the molecule is COc1cccnc1OC(=O)N1CCCC1. The number of ether oxygens (including phenoxy) is 2. The molecular weight excluding hydrogens is 208 g/mol. The van der Waals surface area contributed by atoms with Gasteiger partial charge in [0, 0.05) is 19.3 Å². The summed E-state index contributed by atoms with van der Waals surface area (Å²) in [4.78, 5) is 17.3. The van der Waals surface area contributed by atoms with Crippen molar-refractivity contribution in [3.63, 3.8) is 0 Å².